The van der Waals surface area contributed by atoms with Crippen molar-refractivity contribution in [1.29, 1.82) is 0 Å². The van der Waals surface area contributed by atoms with Crippen LogP contribution in [0.25, 0.3) is 0 Å². The van der Waals surface area contributed by atoms with E-state index in [0.29, 0.717) is 12.2 Å². The van der Waals surface area contributed by atoms with Crippen molar-refractivity contribution in [3.8, 4) is 0 Å². The number of amides is 2. The maximum absolute atomic E-state index is 11.7. The molecule has 0 radical (unpaired) electrons. The maximum Gasteiger partial charge on any atom is 0.229 e. The number of benzene rings is 1. The Labute approximate surface area is 116 Å². The van der Waals surface area contributed by atoms with Crippen LogP contribution in [0, 0.1) is 0 Å². The van der Waals surface area contributed by atoms with Crippen molar-refractivity contribution in [2.75, 3.05) is 12.8 Å². The molecule has 1 heterocycles. The number of thioether (sulfide) groups is 1. The molecule has 2 atom stereocenters. The summed E-state index contributed by atoms with van der Waals surface area (Å²) in [7, 11) is 1.60. The molecule has 6 heteroatoms. The second-order valence-electron chi connectivity index (χ2n) is 4.27. The molecular formula is C13H17N3O2S. The monoisotopic (exact) mass is 279 g/mol. The molecule has 3 N–H and O–H groups in total. The van der Waals surface area contributed by atoms with Gasteiger partial charge >= 0.3 is 0 Å². The lowest BCUT2D eigenvalue weighted by molar-refractivity contribution is -0.123. The van der Waals surface area contributed by atoms with Crippen molar-refractivity contribution in [3.63, 3.8) is 0 Å². The van der Waals surface area contributed by atoms with E-state index in [2.05, 4.69) is 16.0 Å². The molecule has 19 heavy (non-hydrogen) atoms. The summed E-state index contributed by atoms with van der Waals surface area (Å²) in [4.78, 5) is 22.9. The summed E-state index contributed by atoms with van der Waals surface area (Å²) < 4.78 is 0. The highest BCUT2D eigenvalue weighted by Crippen LogP contribution is 2.22. The molecule has 2 rings (SSSR count). The normalized spacial score (nSPS) is 22.7. The molecule has 1 aromatic rings. The van der Waals surface area contributed by atoms with E-state index in [-0.39, 0.29) is 23.4 Å². The summed E-state index contributed by atoms with van der Waals surface area (Å²) in [6, 6.07) is 9.85. The average molecular weight is 279 g/mol. The third-order valence-electron chi connectivity index (χ3n) is 2.90. The Morgan fingerprint density at radius 2 is 2.16 bits per heavy atom. The van der Waals surface area contributed by atoms with Gasteiger partial charge in [0.25, 0.3) is 0 Å². The SMILES string of the molecule is CNC(=O)CSC1NC(=O)CC(c2ccccc2)N1. The van der Waals surface area contributed by atoms with E-state index in [0.717, 1.165) is 5.56 Å². The molecule has 0 aliphatic carbocycles. The first kappa shape index (κ1) is 13.9. The topological polar surface area (TPSA) is 70.2 Å². The van der Waals surface area contributed by atoms with Gasteiger partial charge < -0.3 is 10.6 Å². The summed E-state index contributed by atoms with van der Waals surface area (Å²) >= 11 is 1.38. The van der Waals surface area contributed by atoms with Crippen LogP contribution < -0.4 is 16.0 Å². The number of hydrogen-bond acceptors (Lipinski definition) is 4. The Hall–Kier alpha value is -1.53. The number of carbonyl (C=O) groups is 2. The van der Waals surface area contributed by atoms with E-state index in [1.54, 1.807) is 7.05 Å². The van der Waals surface area contributed by atoms with Gasteiger partial charge in [-0.2, -0.15) is 0 Å². The molecule has 1 aromatic carbocycles. The molecular weight excluding hydrogens is 262 g/mol. The fourth-order valence-corrected chi connectivity index (χ4v) is 2.83. The zero-order valence-electron chi connectivity index (χ0n) is 10.7. The van der Waals surface area contributed by atoms with E-state index in [4.69, 9.17) is 0 Å². The minimum Gasteiger partial charge on any atom is -0.358 e. The molecule has 102 valence electrons. The Morgan fingerprint density at radius 3 is 2.84 bits per heavy atom. The van der Waals surface area contributed by atoms with Crippen LogP contribution in [0.4, 0.5) is 0 Å². The summed E-state index contributed by atoms with van der Waals surface area (Å²) in [5.74, 6) is 0.264. The number of hydrogen-bond donors (Lipinski definition) is 3. The zero-order valence-corrected chi connectivity index (χ0v) is 11.5. The van der Waals surface area contributed by atoms with Gasteiger partial charge in [-0.15, -0.1) is 11.8 Å². The lowest BCUT2D eigenvalue weighted by Gasteiger charge is -2.31. The number of nitrogens with one attached hydrogen (secondary N) is 3. The first-order valence-corrected chi connectivity index (χ1v) is 7.16. The standard InChI is InChI=1S/C13H17N3O2S/c1-14-12(18)8-19-13-15-10(7-11(17)16-13)9-5-3-2-4-6-9/h2-6,10,13,15H,7-8H2,1H3,(H,14,18)(H,16,17). The van der Waals surface area contributed by atoms with Gasteiger partial charge in [0.05, 0.1) is 5.75 Å². The highest BCUT2D eigenvalue weighted by Gasteiger charge is 2.27. The zero-order chi connectivity index (χ0) is 13.7. The third kappa shape index (κ3) is 3.97. The van der Waals surface area contributed by atoms with Gasteiger partial charge in [-0.05, 0) is 5.56 Å². The highest BCUT2D eigenvalue weighted by atomic mass is 32.2. The van der Waals surface area contributed by atoms with Crippen molar-refractivity contribution < 1.29 is 9.59 Å². The van der Waals surface area contributed by atoms with Crippen molar-refractivity contribution >= 4 is 23.6 Å². The number of carbonyl (C=O) groups excluding carboxylic acids is 2. The largest absolute Gasteiger partial charge is 0.358 e. The molecule has 1 saturated heterocycles. The fourth-order valence-electron chi connectivity index (χ4n) is 1.89. The molecule has 1 fully saturated rings. The molecule has 5 nitrogen and oxygen atoms in total. The van der Waals surface area contributed by atoms with E-state index >= 15 is 0 Å². The van der Waals surface area contributed by atoms with Gasteiger partial charge in [0.2, 0.25) is 11.8 Å². The third-order valence-corrected chi connectivity index (χ3v) is 3.91. The summed E-state index contributed by atoms with van der Waals surface area (Å²) in [5, 5.41) is 8.72. The predicted octanol–water partition coefficient (Wildman–Crippen LogP) is 0.600. The maximum atomic E-state index is 11.7. The van der Waals surface area contributed by atoms with Gasteiger partial charge in [0.1, 0.15) is 5.50 Å². The van der Waals surface area contributed by atoms with Crippen molar-refractivity contribution in [3.05, 3.63) is 35.9 Å². The minimum absolute atomic E-state index is 0.00186. The van der Waals surface area contributed by atoms with Gasteiger partial charge in [0.15, 0.2) is 0 Å². The lowest BCUT2D eigenvalue weighted by Crippen LogP contribution is -2.51. The van der Waals surface area contributed by atoms with Gasteiger partial charge in [-0.1, -0.05) is 30.3 Å². The van der Waals surface area contributed by atoms with E-state index in [1.807, 2.05) is 30.3 Å². The Kier molecular flexibility index (Phi) is 4.81. The quantitative estimate of drug-likeness (QED) is 0.755. The first-order valence-electron chi connectivity index (χ1n) is 6.11. The van der Waals surface area contributed by atoms with Crippen molar-refractivity contribution in [1.82, 2.24) is 16.0 Å². The van der Waals surface area contributed by atoms with E-state index in [9.17, 15) is 9.59 Å². The molecule has 0 spiro atoms. The summed E-state index contributed by atoms with van der Waals surface area (Å²) in [5.41, 5.74) is 0.853. The molecule has 2 amide bonds. The van der Waals surface area contributed by atoms with Crippen LogP contribution in [-0.2, 0) is 9.59 Å². The van der Waals surface area contributed by atoms with Gasteiger partial charge in [0, 0.05) is 19.5 Å². The van der Waals surface area contributed by atoms with Crippen molar-refractivity contribution in [2.45, 2.75) is 18.0 Å². The molecule has 0 bridgehead atoms. The molecule has 1 aliphatic rings. The number of rotatable bonds is 4. The first-order chi connectivity index (χ1) is 9.19. The van der Waals surface area contributed by atoms with Crippen LogP contribution in [-0.4, -0.2) is 30.1 Å². The Bertz CT molecular complexity index is 452. The van der Waals surface area contributed by atoms with Crippen LogP contribution in [0.1, 0.15) is 18.0 Å². The molecule has 0 aromatic heterocycles. The van der Waals surface area contributed by atoms with Crippen LogP contribution in [0.2, 0.25) is 0 Å². The van der Waals surface area contributed by atoms with Crippen LogP contribution in [0.5, 0.6) is 0 Å². The van der Waals surface area contributed by atoms with Crippen LogP contribution in [0.3, 0.4) is 0 Å². The molecule has 1 aliphatic heterocycles. The summed E-state index contributed by atoms with van der Waals surface area (Å²) in [6.45, 7) is 0. The van der Waals surface area contributed by atoms with Gasteiger partial charge in [-0.3, -0.25) is 14.9 Å². The van der Waals surface area contributed by atoms with Crippen LogP contribution >= 0.6 is 11.8 Å². The summed E-state index contributed by atoms with van der Waals surface area (Å²) in [6.07, 6.45) is 0.418. The lowest BCUT2D eigenvalue weighted by atomic mass is 10.0. The fraction of sp³-hybridized carbons (Fsp3) is 0.385. The smallest absolute Gasteiger partial charge is 0.229 e. The van der Waals surface area contributed by atoms with E-state index < -0.39 is 0 Å². The van der Waals surface area contributed by atoms with E-state index in [1.165, 1.54) is 11.8 Å². The molecule has 2 unspecified atom stereocenters. The highest BCUT2D eigenvalue weighted by molar-refractivity contribution is 8.00. The van der Waals surface area contributed by atoms with Gasteiger partial charge in [-0.25, -0.2) is 0 Å². The van der Waals surface area contributed by atoms with Crippen molar-refractivity contribution in [2.24, 2.45) is 0 Å². The minimum atomic E-state index is -0.233. The second kappa shape index (κ2) is 6.58. The Morgan fingerprint density at radius 1 is 1.42 bits per heavy atom. The van der Waals surface area contributed by atoms with Crippen LogP contribution in [0.15, 0.2) is 30.3 Å². The molecule has 0 saturated carbocycles. The average Bonchev–Trinajstić information content (AvgIpc) is 2.45. The Balaban J connectivity index is 1.96. The predicted molar refractivity (Wildman–Crippen MR) is 75.4 cm³/mol. The second-order valence-corrected chi connectivity index (χ2v) is 5.36.